The normalized spacial score (nSPS) is 12.3. The van der Waals surface area contributed by atoms with Crippen molar-refractivity contribution in [1.29, 1.82) is 0 Å². The van der Waals surface area contributed by atoms with Crippen LogP contribution in [0.15, 0.2) is 42.5 Å². The summed E-state index contributed by atoms with van der Waals surface area (Å²) in [5.41, 5.74) is 6.49. The van der Waals surface area contributed by atoms with E-state index in [1.165, 1.54) is 7.11 Å². The van der Waals surface area contributed by atoms with E-state index in [0.29, 0.717) is 6.54 Å². The highest BCUT2D eigenvalue weighted by molar-refractivity contribution is 6.05. The van der Waals surface area contributed by atoms with Crippen molar-refractivity contribution < 1.29 is 9.53 Å². The minimum atomic E-state index is -0.603. The predicted octanol–water partition coefficient (Wildman–Crippen LogP) is 2.17. The number of likely N-dealkylation sites (N-methyl/N-ethyl adjacent to an activating group) is 1. The molecule has 0 saturated heterocycles. The molecule has 0 spiro atoms. The maximum absolute atomic E-state index is 12.5. The molecule has 1 unspecified atom stereocenters. The van der Waals surface area contributed by atoms with Crippen LogP contribution >= 0.6 is 0 Å². The van der Waals surface area contributed by atoms with E-state index in [2.05, 4.69) is 0 Å². The zero-order valence-electron chi connectivity index (χ0n) is 11.9. The lowest BCUT2D eigenvalue weighted by atomic mass is 10.1. The minimum absolute atomic E-state index is 0.103. The Labute approximate surface area is 119 Å². The second kappa shape index (κ2) is 6.50. The molecule has 0 saturated carbocycles. The van der Waals surface area contributed by atoms with Crippen molar-refractivity contribution in [2.24, 2.45) is 5.73 Å². The van der Waals surface area contributed by atoms with Gasteiger partial charge in [-0.2, -0.15) is 0 Å². The molecule has 4 heteroatoms. The van der Waals surface area contributed by atoms with Crippen LogP contribution in [-0.4, -0.2) is 32.2 Å². The van der Waals surface area contributed by atoms with E-state index in [1.807, 2.05) is 49.4 Å². The molecule has 0 bridgehead atoms. The average molecular weight is 272 g/mol. The molecule has 0 radical (unpaired) electrons. The molecule has 0 aromatic heterocycles. The van der Waals surface area contributed by atoms with E-state index < -0.39 is 6.10 Å². The van der Waals surface area contributed by atoms with Gasteiger partial charge in [-0.1, -0.05) is 36.4 Å². The van der Waals surface area contributed by atoms with E-state index in [-0.39, 0.29) is 12.5 Å². The molecule has 0 heterocycles. The first-order chi connectivity index (χ1) is 9.72. The summed E-state index contributed by atoms with van der Waals surface area (Å²) in [5.74, 6) is -0.103. The van der Waals surface area contributed by atoms with Crippen molar-refractivity contribution in [3.63, 3.8) is 0 Å². The third kappa shape index (κ3) is 2.66. The van der Waals surface area contributed by atoms with Gasteiger partial charge in [-0.3, -0.25) is 4.79 Å². The fourth-order valence-corrected chi connectivity index (χ4v) is 2.36. The summed E-state index contributed by atoms with van der Waals surface area (Å²) in [4.78, 5) is 14.2. The highest BCUT2D eigenvalue weighted by Crippen LogP contribution is 2.27. The number of benzene rings is 2. The maximum atomic E-state index is 12.5. The number of nitrogens with zero attached hydrogens (tertiary/aromatic N) is 1. The molecule has 2 N–H and O–H groups in total. The monoisotopic (exact) mass is 272 g/mol. The summed E-state index contributed by atoms with van der Waals surface area (Å²) in [5, 5.41) is 2.16. The number of rotatable bonds is 5. The number of carbonyl (C=O) groups excluding carboxylic acids is 1. The van der Waals surface area contributed by atoms with Gasteiger partial charge in [0.25, 0.3) is 5.91 Å². The fraction of sp³-hybridized carbons (Fsp3) is 0.312. The second-order valence-corrected chi connectivity index (χ2v) is 4.54. The van der Waals surface area contributed by atoms with Crippen LogP contribution in [0.2, 0.25) is 0 Å². The van der Waals surface area contributed by atoms with E-state index in [4.69, 9.17) is 10.5 Å². The van der Waals surface area contributed by atoms with Crippen LogP contribution in [0.5, 0.6) is 0 Å². The maximum Gasteiger partial charge on any atom is 0.257 e. The SMILES string of the molecule is CCN(C(=O)C(CN)OC)c1cccc2ccccc12. The summed E-state index contributed by atoms with van der Waals surface area (Å²) >= 11 is 0. The first-order valence-corrected chi connectivity index (χ1v) is 6.75. The number of hydrogen-bond donors (Lipinski definition) is 1. The summed E-state index contributed by atoms with van der Waals surface area (Å²) in [6.07, 6.45) is -0.603. The van der Waals surface area contributed by atoms with Gasteiger partial charge < -0.3 is 15.4 Å². The number of fused-ring (bicyclic) bond motifs is 1. The highest BCUT2D eigenvalue weighted by Gasteiger charge is 2.24. The van der Waals surface area contributed by atoms with Gasteiger partial charge in [0, 0.05) is 25.6 Å². The number of ether oxygens (including phenoxy) is 1. The molecule has 0 aliphatic heterocycles. The summed E-state index contributed by atoms with van der Waals surface area (Å²) < 4.78 is 5.16. The van der Waals surface area contributed by atoms with Gasteiger partial charge in [0.05, 0.1) is 5.69 Å². The van der Waals surface area contributed by atoms with Crippen molar-refractivity contribution in [3.05, 3.63) is 42.5 Å². The molecule has 0 fully saturated rings. The Bertz CT molecular complexity index is 589. The first-order valence-electron chi connectivity index (χ1n) is 6.75. The van der Waals surface area contributed by atoms with Crippen molar-refractivity contribution in [3.8, 4) is 0 Å². The number of anilines is 1. The quantitative estimate of drug-likeness (QED) is 0.907. The number of nitrogens with two attached hydrogens (primary N) is 1. The van der Waals surface area contributed by atoms with Crippen LogP contribution in [0, 0.1) is 0 Å². The molecular formula is C16H20N2O2. The number of amides is 1. The molecule has 1 amide bonds. The van der Waals surface area contributed by atoms with Gasteiger partial charge in [-0.15, -0.1) is 0 Å². The summed E-state index contributed by atoms with van der Waals surface area (Å²) in [6.45, 7) is 2.70. The van der Waals surface area contributed by atoms with E-state index >= 15 is 0 Å². The van der Waals surface area contributed by atoms with E-state index in [0.717, 1.165) is 16.5 Å². The summed E-state index contributed by atoms with van der Waals surface area (Å²) in [6, 6.07) is 14.0. The predicted molar refractivity (Wildman–Crippen MR) is 81.8 cm³/mol. The number of hydrogen-bond acceptors (Lipinski definition) is 3. The van der Waals surface area contributed by atoms with Gasteiger partial charge in [0.2, 0.25) is 0 Å². The van der Waals surface area contributed by atoms with Crippen LogP contribution in [-0.2, 0) is 9.53 Å². The third-order valence-electron chi connectivity index (χ3n) is 3.41. The van der Waals surface area contributed by atoms with Gasteiger partial charge in [-0.05, 0) is 18.4 Å². The highest BCUT2D eigenvalue weighted by atomic mass is 16.5. The van der Waals surface area contributed by atoms with E-state index in [1.54, 1.807) is 4.90 Å². The van der Waals surface area contributed by atoms with Gasteiger partial charge >= 0.3 is 0 Å². The van der Waals surface area contributed by atoms with Gasteiger partial charge in [-0.25, -0.2) is 0 Å². The zero-order chi connectivity index (χ0) is 14.5. The molecule has 2 rings (SSSR count). The Balaban J connectivity index is 2.47. The summed E-state index contributed by atoms with van der Waals surface area (Å²) in [7, 11) is 1.51. The molecule has 0 aliphatic carbocycles. The van der Waals surface area contributed by atoms with Crippen LogP contribution in [0.3, 0.4) is 0 Å². The molecular weight excluding hydrogens is 252 g/mol. The standard InChI is InChI=1S/C16H20N2O2/c1-3-18(16(19)15(11-17)20-2)14-10-6-8-12-7-4-5-9-13(12)14/h4-10,15H,3,11,17H2,1-2H3. The van der Waals surface area contributed by atoms with Crippen LogP contribution in [0.25, 0.3) is 10.8 Å². The minimum Gasteiger partial charge on any atom is -0.370 e. The lowest BCUT2D eigenvalue weighted by Gasteiger charge is -2.26. The topological polar surface area (TPSA) is 55.6 Å². The molecule has 2 aromatic carbocycles. The molecule has 0 aliphatic rings. The Kier molecular flexibility index (Phi) is 4.71. The largest absolute Gasteiger partial charge is 0.370 e. The lowest BCUT2D eigenvalue weighted by Crippen LogP contribution is -2.43. The smallest absolute Gasteiger partial charge is 0.257 e. The zero-order valence-corrected chi connectivity index (χ0v) is 11.9. The number of methoxy groups -OCH3 is 1. The molecule has 4 nitrogen and oxygen atoms in total. The molecule has 2 aromatic rings. The Morgan fingerprint density at radius 3 is 2.60 bits per heavy atom. The van der Waals surface area contributed by atoms with Crippen molar-refractivity contribution in [1.82, 2.24) is 0 Å². The second-order valence-electron chi connectivity index (χ2n) is 4.54. The number of carbonyl (C=O) groups is 1. The average Bonchev–Trinajstić information content (AvgIpc) is 2.49. The lowest BCUT2D eigenvalue weighted by molar-refractivity contribution is -0.127. The third-order valence-corrected chi connectivity index (χ3v) is 3.41. The Morgan fingerprint density at radius 1 is 1.25 bits per heavy atom. The molecule has 20 heavy (non-hydrogen) atoms. The van der Waals surface area contributed by atoms with Crippen molar-refractivity contribution >= 4 is 22.4 Å². The van der Waals surface area contributed by atoms with Crippen molar-refractivity contribution in [2.45, 2.75) is 13.0 Å². The fourth-order valence-electron chi connectivity index (χ4n) is 2.36. The Morgan fingerprint density at radius 2 is 1.95 bits per heavy atom. The molecule has 106 valence electrons. The first kappa shape index (κ1) is 14.5. The van der Waals surface area contributed by atoms with Gasteiger partial charge in [0.15, 0.2) is 0 Å². The van der Waals surface area contributed by atoms with Crippen molar-refractivity contribution in [2.75, 3.05) is 25.1 Å². The van der Waals surface area contributed by atoms with Crippen LogP contribution < -0.4 is 10.6 Å². The van der Waals surface area contributed by atoms with E-state index in [9.17, 15) is 4.79 Å². The molecule has 1 atom stereocenters. The van der Waals surface area contributed by atoms with Crippen LogP contribution in [0.4, 0.5) is 5.69 Å². The van der Waals surface area contributed by atoms with Gasteiger partial charge in [0.1, 0.15) is 6.10 Å². The van der Waals surface area contributed by atoms with Crippen LogP contribution in [0.1, 0.15) is 6.92 Å². The Hall–Kier alpha value is -1.91.